The van der Waals surface area contributed by atoms with Crippen molar-refractivity contribution in [3.05, 3.63) is 47.0 Å². The van der Waals surface area contributed by atoms with E-state index >= 15 is 0 Å². The van der Waals surface area contributed by atoms with E-state index < -0.39 is 16.0 Å². The van der Waals surface area contributed by atoms with Crippen LogP contribution in [0, 0.1) is 0 Å². The number of benzene rings is 2. The highest BCUT2D eigenvalue weighted by Gasteiger charge is 2.26. The molecule has 0 amide bonds. The van der Waals surface area contributed by atoms with Crippen molar-refractivity contribution < 1.29 is 27.4 Å². The Morgan fingerprint density at radius 3 is 2.72 bits per heavy atom. The number of carbonyl (C=O) groups excluding carboxylic acids is 1. The Kier molecular flexibility index (Phi) is 4.73. The standard InChI is InChI=1S/C16H14ClNO6S/c1-22-16(19)11-6-5-10(17)9-14(11)25(20,21)18-12-3-2-4-13-15(12)24-8-7-23-13/h2-6,9,18H,7-8H2,1H3. The molecule has 0 aromatic heterocycles. The highest BCUT2D eigenvalue weighted by molar-refractivity contribution is 7.92. The Balaban J connectivity index is 2.04. The van der Waals surface area contributed by atoms with Crippen LogP contribution in [0.15, 0.2) is 41.3 Å². The summed E-state index contributed by atoms with van der Waals surface area (Å²) in [6.07, 6.45) is 0. The number of halogens is 1. The number of methoxy groups -OCH3 is 1. The first-order valence-corrected chi connectivity index (χ1v) is 9.08. The summed E-state index contributed by atoms with van der Waals surface area (Å²) in [5, 5.41) is 0.169. The molecule has 0 bridgehead atoms. The maximum atomic E-state index is 12.8. The number of carbonyl (C=O) groups is 1. The molecule has 0 radical (unpaired) electrons. The molecule has 132 valence electrons. The van der Waals surface area contributed by atoms with E-state index in [4.69, 9.17) is 21.1 Å². The molecule has 0 saturated carbocycles. The van der Waals surface area contributed by atoms with Crippen LogP contribution in [-0.4, -0.2) is 34.7 Å². The van der Waals surface area contributed by atoms with Gasteiger partial charge in [-0.1, -0.05) is 17.7 Å². The Morgan fingerprint density at radius 2 is 1.96 bits per heavy atom. The second-order valence-electron chi connectivity index (χ2n) is 5.07. The zero-order valence-corrected chi connectivity index (χ0v) is 14.7. The number of esters is 1. The highest BCUT2D eigenvalue weighted by atomic mass is 35.5. The van der Waals surface area contributed by atoms with Crippen molar-refractivity contribution in [2.24, 2.45) is 0 Å². The van der Waals surface area contributed by atoms with Gasteiger partial charge in [0.05, 0.1) is 18.4 Å². The predicted molar refractivity (Wildman–Crippen MR) is 91.0 cm³/mol. The van der Waals surface area contributed by atoms with E-state index in [0.717, 1.165) is 0 Å². The number of hydrogen-bond donors (Lipinski definition) is 1. The molecule has 9 heteroatoms. The Hall–Kier alpha value is -2.45. The fourth-order valence-electron chi connectivity index (χ4n) is 2.35. The molecule has 0 atom stereocenters. The van der Waals surface area contributed by atoms with Crippen LogP contribution < -0.4 is 14.2 Å². The Labute approximate surface area is 149 Å². The van der Waals surface area contributed by atoms with Gasteiger partial charge in [-0.15, -0.1) is 0 Å². The normalized spacial score (nSPS) is 13.2. The lowest BCUT2D eigenvalue weighted by Crippen LogP contribution is -2.20. The van der Waals surface area contributed by atoms with Gasteiger partial charge in [0.2, 0.25) is 0 Å². The minimum Gasteiger partial charge on any atom is -0.486 e. The third kappa shape index (κ3) is 3.49. The molecule has 0 fully saturated rings. The molecule has 1 aliphatic heterocycles. The molecule has 1 heterocycles. The van der Waals surface area contributed by atoms with Crippen LogP contribution in [0.25, 0.3) is 0 Å². The van der Waals surface area contributed by atoms with Crippen LogP contribution in [0.3, 0.4) is 0 Å². The first-order valence-electron chi connectivity index (χ1n) is 7.21. The Morgan fingerprint density at radius 1 is 1.20 bits per heavy atom. The van der Waals surface area contributed by atoms with E-state index in [1.54, 1.807) is 12.1 Å². The molecular formula is C16H14ClNO6S. The van der Waals surface area contributed by atoms with Crippen LogP contribution >= 0.6 is 11.6 Å². The third-order valence-corrected chi connectivity index (χ3v) is 5.09. The largest absolute Gasteiger partial charge is 0.486 e. The summed E-state index contributed by atoms with van der Waals surface area (Å²) in [4.78, 5) is 11.6. The van der Waals surface area contributed by atoms with Crippen LogP contribution in [-0.2, 0) is 14.8 Å². The minimum atomic E-state index is -4.13. The fraction of sp³-hybridized carbons (Fsp3) is 0.188. The number of hydrogen-bond acceptors (Lipinski definition) is 6. The molecule has 0 spiro atoms. The van der Waals surface area contributed by atoms with E-state index in [2.05, 4.69) is 9.46 Å². The molecule has 3 rings (SSSR count). The molecule has 25 heavy (non-hydrogen) atoms. The average molecular weight is 384 g/mol. The van der Waals surface area contributed by atoms with Crippen molar-refractivity contribution in [1.82, 2.24) is 0 Å². The van der Waals surface area contributed by atoms with Crippen molar-refractivity contribution in [1.29, 1.82) is 0 Å². The van der Waals surface area contributed by atoms with Gasteiger partial charge in [0.15, 0.2) is 11.5 Å². The molecule has 0 unspecified atom stereocenters. The number of nitrogens with one attached hydrogen (secondary N) is 1. The molecule has 1 N–H and O–H groups in total. The third-order valence-electron chi connectivity index (χ3n) is 3.45. The van der Waals surface area contributed by atoms with Crippen LogP contribution in [0.4, 0.5) is 5.69 Å². The number of fused-ring (bicyclic) bond motifs is 1. The number of sulfonamides is 1. The number of rotatable bonds is 4. The highest BCUT2D eigenvalue weighted by Crippen LogP contribution is 2.38. The zero-order valence-electron chi connectivity index (χ0n) is 13.1. The number of anilines is 1. The first kappa shape index (κ1) is 17.4. The van der Waals surface area contributed by atoms with Gasteiger partial charge in [-0.2, -0.15) is 0 Å². The smallest absolute Gasteiger partial charge is 0.339 e. The maximum absolute atomic E-state index is 12.8. The summed E-state index contributed by atoms with van der Waals surface area (Å²) in [5.41, 5.74) is 0.0781. The summed E-state index contributed by atoms with van der Waals surface area (Å²) >= 11 is 5.90. The van der Waals surface area contributed by atoms with Gasteiger partial charge in [-0.25, -0.2) is 13.2 Å². The van der Waals surface area contributed by atoms with Gasteiger partial charge in [0.1, 0.15) is 18.1 Å². The van der Waals surface area contributed by atoms with Gasteiger partial charge >= 0.3 is 5.97 Å². The van der Waals surface area contributed by atoms with Crippen molar-refractivity contribution in [2.45, 2.75) is 4.90 Å². The summed E-state index contributed by atoms with van der Waals surface area (Å²) in [5.74, 6) is -0.0589. The SMILES string of the molecule is COC(=O)c1ccc(Cl)cc1S(=O)(=O)Nc1cccc2c1OCCO2. The molecule has 0 aliphatic carbocycles. The summed E-state index contributed by atoms with van der Waals surface area (Å²) in [7, 11) is -2.96. The number of para-hydroxylation sites is 1. The fourth-order valence-corrected chi connectivity index (χ4v) is 3.87. The van der Waals surface area contributed by atoms with Crippen molar-refractivity contribution in [3.8, 4) is 11.5 Å². The molecular weight excluding hydrogens is 370 g/mol. The van der Waals surface area contributed by atoms with Crippen molar-refractivity contribution >= 4 is 33.3 Å². The summed E-state index contributed by atoms with van der Waals surface area (Å²) < 4.78 is 43.6. The predicted octanol–water partition coefficient (Wildman–Crippen LogP) is 2.70. The van der Waals surface area contributed by atoms with Gasteiger partial charge in [-0.3, -0.25) is 4.72 Å². The minimum absolute atomic E-state index is 0.124. The monoisotopic (exact) mass is 383 g/mol. The van der Waals surface area contributed by atoms with E-state index in [1.165, 1.54) is 31.4 Å². The van der Waals surface area contributed by atoms with E-state index in [-0.39, 0.29) is 21.2 Å². The van der Waals surface area contributed by atoms with Crippen LogP contribution in [0.1, 0.15) is 10.4 Å². The lowest BCUT2D eigenvalue weighted by molar-refractivity contribution is 0.0596. The van der Waals surface area contributed by atoms with Gasteiger partial charge in [0, 0.05) is 5.02 Å². The Bertz CT molecular complexity index is 928. The second kappa shape index (κ2) is 6.81. The molecule has 0 saturated heterocycles. The first-order chi connectivity index (χ1) is 11.9. The molecule has 7 nitrogen and oxygen atoms in total. The van der Waals surface area contributed by atoms with E-state index in [9.17, 15) is 13.2 Å². The van der Waals surface area contributed by atoms with Gasteiger partial charge < -0.3 is 14.2 Å². The summed E-state index contributed by atoms with van der Waals surface area (Å²) in [6, 6.07) is 8.73. The topological polar surface area (TPSA) is 90.9 Å². The second-order valence-corrected chi connectivity index (χ2v) is 7.15. The van der Waals surface area contributed by atoms with Crippen LogP contribution in [0.2, 0.25) is 5.02 Å². The lowest BCUT2D eigenvalue weighted by Gasteiger charge is -2.21. The van der Waals surface area contributed by atoms with Crippen molar-refractivity contribution in [3.63, 3.8) is 0 Å². The molecule has 2 aromatic rings. The quantitative estimate of drug-likeness (QED) is 0.816. The van der Waals surface area contributed by atoms with Crippen molar-refractivity contribution in [2.75, 3.05) is 25.0 Å². The maximum Gasteiger partial charge on any atom is 0.339 e. The zero-order chi connectivity index (χ0) is 18.0. The molecule has 2 aromatic carbocycles. The van der Waals surface area contributed by atoms with Gasteiger partial charge in [-0.05, 0) is 30.3 Å². The number of ether oxygens (including phenoxy) is 3. The van der Waals surface area contributed by atoms with E-state index in [1.807, 2.05) is 0 Å². The van der Waals surface area contributed by atoms with E-state index in [0.29, 0.717) is 24.7 Å². The lowest BCUT2D eigenvalue weighted by atomic mass is 10.2. The molecule has 1 aliphatic rings. The van der Waals surface area contributed by atoms with Gasteiger partial charge in [0.25, 0.3) is 10.0 Å². The average Bonchev–Trinajstić information content (AvgIpc) is 2.61. The summed E-state index contributed by atoms with van der Waals surface area (Å²) in [6.45, 7) is 0.681. The van der Waals surface area contributed by atoms with Crippen LogP contribution in [0.5, 0.6) is 11.5 Å².